The molecule has 0 aromatic heterocycles. The topological polar surface area (TPSA) is 40.5 Å². The Labute approximate surface area is 134 Å². The van der Waals surface area contributed by atoms with Crippen molar-refractivity contribution in [1.82, 2.24) is 4.90 Å². The zero-order valence-electron chi connectivity index (χ0n) is 13.0. The monoisotopic (exact) mass is 319 g/mol. The summed E-state index contributed by atoms with van der Waals surface area (Å²) in [6.45, 7) is 1.62. The van der Waals surface area contributed by atoms with E-state index < -0.39 is 23.8 Å². The summed E-state index contributed by atoms with van der Waals surface area (Å²) in [7, 11) is 1.51. The molecule has 0 aliphatic heterocycles. The van der Waals surface area contributed by atoms with Gasteiger partial charge < -0.3 is 10.0 Å². The molecule has 2 aromatic carbocycles. The first kappa shape index (κ1) is 17.1. The maximum absolute atomic E-state index is 13.8. The Morgan fingerprint density at radius 3 is 2.48 bits per heavy atom. The molecule has 2 rings (SSSR count). The number of amides is 1. The van der Waals surface area contributed by atoms with Gasteiger partial charge in [-0.25, -0.2) is 8.78 Å². The fraction of sp³-hybridized carbons (Fsp3) is 0.278. The highest BCUT2D eigenvalue weighted by atomic mass is 19.1. The van der Waals surface area contributed by atoms with Gasteiger partial charge in [-0.3, -0.25) is 4.79 Å². The minimum Gasteiger partial charge on any atom is -0.388 e. The molecule has 5 heteroatoms. The highest BCUT2D eigenvalue weighted by Gasteiger charge is 2.23. The summed E-state index contributed by atoms with van der Waals surface area (Å²) in [6.07, 6.45) is -1.06. The largest absolute Gasteiger partial charge is 0.388 e. The van der Waals surface area contributed by atoms with Crippen LogP contribution in [0.3, 0.4) is 0 Å². The average molecular weight is 319 g/mol. The molecule has 3 nitrogen and oxygen atoms in total. The Balaban J connectivity index is 2.08. The predicted octanol–water partition coefficient (Wildman–Crippen LogP) is 3.61. The van der Waals surface area contributed by atoms with Crippen molar-refractivity contribution in [1.29, 1.82) is 0 Å². The predicted molar refractivity (Wildman–Crippen MR) is 83.6 cm³/mol. The summed E-state index contributed by atoms with van der Waals surface area (Å²) in [5, 5.41) is 10.1. The van der Waals surface area contributed by atoms with Gasteiger partial charge in [-0.1, -0.05) is 30.3 Å². The highest BCUT2D eigenvalue weighted by molar-refractivity contribution is 5.77. The van der Waals surface area contributed by atoms with Gasteiger partial charge in [0.05, 0.1) is 18.6 Å². The van der Waals surface area contributed by atoms with Crippen LogP contribution in [0.4, 0.5) is 8.78 Å². The number of hydrogen-bond acceptors (Lipinski definition) is 2. The molecule has 0 heterocycles. The Kier molecular flexibility index (Phi) is 5.45. The van der Waals surface area contributed by atoms with E-state index in [0.29, 0.717) is 5.56 Å². The summed E-state index contributed by atoms with van der Waals surface area (Å²) >= 11 is 0. The second-order valence-electron chi connectivity index (χ2n) is 5.48. The summed E-state index contributed by atoms with van der Waals surface area (Å²) in [5.41, 5.74) is 0.744. The number of nitrogens with zero attached hydrogens (tertiary/aromatic N) is 1. The molecule has 122 valence electrons. The molecule has 0 spiro atoms. The summed E-state index contributed by atoms with van der Waals surface area (Å²) in [4.78, 5) is 13.6. The molecule has 2 unspecified atom stereocenters. The van der Waals surface area contributed by atoms with Crippen LogP contribution in [0.1, 0.15) is 36.6 Å². The summed E-state index contributed by atoms with van der Waals surface area (Å²) < 4.78 is 27.1. The SMILES string of the molecule is CC(c1cc(F)ccc1F)N(C)C(=O)CC(O)c1ccccc1. The van der Waals surface area contributed by atoms with Gasteiger partial charge in [0, 0.05) is 12.6 Å². The van der Waals surface area contributed by atoms with Crippen molar-refractivity contribution < 1.29 is 18.7 Å². The maximum atomic E-state index is 13.8. The van der Waals surface area contributed by atoms with E-state index >= 15 is 0 Å². The molecule has 1 N–H and O–H groups in total. The number of carbonyl (C=O) groups excluding carboxylic acids is 1. The molecular weight excluding hydrogens is 300 g/mol. The van der Waals surface area contributed by atoms with Gasteiger partial charge in [0.2, 0.25) is 5.91 Å². The van der Waals surface area contributed by atoms with E-state index in [-0.39, 0.29) is 17.9 Å². The fourth-order valence-corrected chi connectivity index (χ4v) is 2.36. The minimum absolute atomic E-state index is 0.107. The fourth-order valence-electron chi connectivity index (χ4n) is 2.36. The van der Waals surface area contributed by atoms with E-state index in [1.165, 1.54) is 11.9 Å². The molecule has 0 radical (unpaired) electrons. The smallest absolute Gasteiger partial charge is 0.225 e. The molecule has 0 aliphatic carbocycles. The van der Waals surface area contributed by atoms with Gasteiger partial charge in [-0.2, -0.15) is 0 Å². The van der Waals surface area contributed by atoms with Crippen LogP contribution >= 0.6 is 0 Å². The number of benzene rings is 2. The van der Waals surface area contributed by atoms with Crippen molar-refractivity contribution >= 4 is 5.91 Å². The first-order valence-electron chi connectivity index (χ1n) is 7.33. The summed E-state index contributed by atoms with van der Waals surface area (Å²) in [6, 6.07) is 11.3. The second-order valence-corrected chi connectivity index (χ2v) is 5.48. The van der Waals surface area contributed by atoms with Crippen LogP contribution in [-0.4, -0.2) is 23.0 Å². The van der Waals surface area contributed by atoms with Crippen molar-refractivity contribution in [2.75, 3.05) is 7.05 Å². The Morgan fingerprint density at radius 2 is 1.83 bits per heavy atom. The van der Waals surface area contributed by atoms with E-state index in [1.54, 1.807) is 31.2 Å². The number of rotatable bonds is 5. The van der Waals surface area contributed by atoms with E-state index in [1.807, 2.05) is 6.07 Å². The molecule has 0 saturated heterocycles. The zero-order chi connectivity index (χ0) is 17.0. The van der Waals surface area contributed by atoms with Gasteiger partial charge in [-0.05, 0) is 30.7 Å². The standard InChI is InChI=1S/C18H19F2NO2/c1-12(15-10-14(19)8-9-16(15)20)21(2)18(23)11-17(22)13-6-4-3-5-7-13/h3-10,12,17,22H,11H2,1-2H3. The molecule has 0 fully saturated rings. The van der Waals surface area contributed by atoms with Gasteiger partial charge in [-0.15, -0.1) is 0 Å². The van der Waals surface area contributed by atoms with Crippen molar-refractivity contribution in [2.24, 2.45) is 0 Å². The lowest BCUT2D eigenvalue weighted by Crippen LogP contribution is -2.31. The number of aliphatic hydroxyl groups is 1. The van der Waals surface area contributed by atoms with E-state index in [9.17, 15) is 18.7 Å². The molecule has 0 saturated carbocycles. The lowest BCUT2D eigenvalue weighted by atomic mass is 10.0. The van der Waals surface area contributed by atoms with Crippen LogP contribution < -0.4 is 0 Å². The minimum atomic E-state index is -0.935. The summed E-state index contributed by atoms with van der Waals surface area (Å²) in [5.74, 6) is -1.47. The molecule has 2 atom stereocenters. The van der Waals surface area contributed by atoms with Crippen LogP contribution in [0.15, 0.2) is 48.5 Å². The molecular formula is C18H19F2NO2. The van der Waals surface area contributed by atoms with Crippen molar-refractivity contribution in [3.63, 3.8) is 0 Å². The molecule has 1 amide bonds. The van der Waals surface area contributed by atoms with E-state index in [0.717, 1.165) is 18.2 Å². The molecule has 0 bridgehead atoms. The second kappa shape index (κ2) is 7.33. The first-order chi connectivity index (χ1) is 10.9. The third-order valence-electron chi connectivity index (χ3n) is 3.93. The van der Waals surface area contributed by atoms with Gasteiger partial charge in [0.1, 0.15) is 11.6 Å². The van der Waals surface area contributed by atoms with Crippen LogP contribution in [0.5, 0.6) is 0 Å². The normalized spacial score (nSPS) is 13.4. The van der Waals surface area contributed by atoms with Crippen molar-refractivity contribution in [2.45, 2.75) is 25.5 Å². The van der Waals surface area contributed by atoms with E-state index in [4.69, 9.17) is 0 Å². The lowest BCUT2D eigenvalue weighted by molar-refractivity contribution is -0.134. The highest BCUT2D eigenvalue weighted by Crippen LogP contribution is 2.25. The number of hydrogen-bond donors (Lipinski definition) is 1. The van der Waals surface area contributed by atoms with Crippen LogP contribution in [0, 0.1) is 11.6 Å². The van der Waals surface area contributed by atoms with Crippen molar-refractivity contribution in [3.8, 4) is 0 Å². The lowest BCUT2D eigenvalue weighted by Gasteiger charge is -2.26. The maximum Gasteiger partial charge on any atom is 0.225 e. The number of halogens is 2. The zero-order valence-corrected chi connectivity index (χ0v) is 13.0. The average Bonchev–Trinajstić information content (AvgIpc) is 2.56. The molecule has 2 aromatic rings. The van der Waals surface area contributed by atoms with Crippen LogP contribution in [0.2, 0.25) is 0 Å². The number of aliphatic hydroxyl groups excluding tert-OH is 1. The molecule has 23 heavy (non-hydrogen) atoms. The van der Waals surface area contributed by atoms with Gasteiger partial charge in [0.25, 0.3) is 0 Å². The van der Waals surface area contributed by atoms with Gasteiger partial charge >= 0.3 is 0 Å². The van der Waals surface area contributed by atoms with Crippen LogP contribution in [-0.2, 0) is 4.79 Å². The molecule has 0 aliphatic rings. The third kappa shape index (κ3) is 4.13. The van der Waals surface area contributed by atoms with E-state index in [2.05, 4.69) is 0 Å². The quantitative estimate of drug-likeness (QED) is 0.914. The Morgan fingerprint density at radius 1 is 1.17 bits per heavy atom. The first-order valence-corrected chi connectivity index (χ1v) is 7.33. The van der Waals surface area contributed by atoms with Gasteiger partial charge in [0.15, 0.2) is 0 Å². The Bertz CT molecular complexity index is 676. The Hall–Kier alpha value is -2.27. The third-order valence-corrected chi connectivity index (χ3v) is 3.93. The van der Waals surface area contributed by atoms with Crippen molar-refractivity contribution in [3.05, 3.63) is 71.3 Å². The van der Waals surface area contributed by atoms with Crippen LogP contribution in [0.25, 0.3) is 0 Å². The number of carbonyl (C=O) groups is 1.